The molecule has 3 aliphatic carbocycles. The van der Waals surface area contributed by atoms with Crippen molar-refractivity contribution in [2.75, 3.05) is 6.61 Å². The Labute approximate surface area is 423 Å². The maximum atomic E-state index is 15.6. The van der Waals surface area contributed by atoms with Crippen LogP contribution in [0.2, 0.25) is 0 Å². The van der Waals surface area contributed by atoms with E-state index in [9.17, 15) is 44.1 Å². The van der Waals surface area contributed by atoms with Gasteiger partial charge in [0.1, 0.15) is 41.3 Å². The average Bonchev–Trinajstić information content (AvgIpc) is 3.35. The Morgan fingerprint density at radius 3 is 1.92 bits per heavy atom. The van der Waals surface area contributed by atoms with Crippen LogP contribution in [0.3, 0.4) is 0 Å². The van der Waals surface area contributed by atoms with Crippen LogP contribution in [0.5, 0.6) is 0 Å². The molecule has 4 aliphatic rings. The van der Waals surface area contributed by atoms with Crippen LogP contribution in [0.15, 0.2) is 102 Å². The third kappa shape index (κ3) is 10.2. The third-order valence-electron chi connectivity index (χ3n) is 15.3. The molecular formula is C55H64N2O16. The Bertz CT molecular complexity index is 2660. The van der Waals surface area contributed by atoms with Crippen LogP contribution in [0.25, 0.3) is 0 Å². The molecule has 0 spiro atoms. The molecule has 0 radical (unpaired) electrons. The molecule has 1 unspecified atom stereocenters. The van der Waals surface area contributed by atoms with Crippen molar-refractivity contribution in [1.29, 1.82) is 0 Å². The van der Waals surface area contributed by atoms with Crippen LogP contribution >= 0.6 is 0 Å². The number of nitrogens with one attached hydrogen (secondary N) is 2. The van der Waals surface area contributed by atoms with Gasteiger partial charge in [-0.2, -0.15) is 0 Å². The van der Waals surface area contributed by atoms with Crippen LogP contribution in [0.4, 0.5) is 0 Å². The van der Waals surface area contributed by atoms with Crippen molar-refractivity contribution >= 4 is 47.3 Å². The molecule has 3 fully saturated rings. The second-order valence-electron chi connectivity index (χ2n) is 20.7. The number of benzene rings is 3. The fraction of sp³-hybridized carbons (Fsp3) is 0.491. The lowest BCUT2D eigenvalue weighted by atomic mass is 9.44. The first-order chi connectivity index (χ1) is 34.4. The molecule has 390 valence electrons. The topological polar surface area (TPSA) is 267 Å². The van der Waals surface area contributed by atoms with Gasteiger partial charge in [-0.05, 0) is 67.7 Å². The number of fused-ring (bicyclic) bond motifs is 5. The lowest BCUT2D eigenvalue weighted by molar-refractivity contribution is -0.343. The van der Waals surface area contributed by atoms with Crippen molar-refractivity contribution in [2.24, 2.45) is 22.7 Å². The number of aliphatic hydroxyl groups is 3. The summed E-state index contributed by atoms with van der Waals surface area (Å²) in [5.74, 6) is -9.08. The van der Waals surface area contributed by atoms with Crippen molar-refractivity contribution in [2.45, 2.75) is 141 Å². The second-order valence-corrected chi connectivity index (χ2v) is 20.7. The average molecular weight is 1010 g/mol. The zero-order chi connectivity index (χ0) is 53.4. The van der Waals surface area contributed by atoms with Crippen LogP contribution in [0, 0.1) is 22.7 Å². The number of amides is 2. The van der Waals surface area contributed by atoms with Crippen molar-refractivity contribution in [3.8, 4) is 0 Å². The quantitative estimate of drug-likeness (QED) is 0.0764. The molecule has 1 heterocycles. The van der Waals surface area contributed by atoms with Crippen LogP contribution in [0.1, 0.15) is 113 Å². The minimum absolute atomic E-state index is 0.0381. The number of aliphatic hydroxyl groups excluding tert-OH is 1. The number of carbonyl (C=O) groups excluding carboxylic acids is 8. The van der Waals surface area contributed by atoms with Gasteiger partial charge in [0, 0.05) is 49.5 Å². The van der Waals surface area contributed by atoms with E-state index in [1.807, 2.05) is 0 Å². The number of esters is 4. The summed E-state index contributed by atoms with van der Waals surface area (Å²) in [7, 11) is 0. The van der Waals surface area contributed by atoms with Crippen LogP contribution in [-0.4, -0.2) is 123 Å². The first-order valence-electron chi connectivity index (χ1n) is 24.4. The lowest BCUT2D eigenvalue weighted by Crippen LogP contribution is -2.81. The minimum Gasteiger partial charge on any atom is -0.455 e. The number of Topliss-reactive ketones (excluding diaryl/α,β-unsaturated/α-hetero) is 2. The summed E-state index contributed by atoms with van der Waals surface area (Å²) in [5.41, 5.74) is -7.82. The van der Waals surface area contributed by atoms with E-state index < -0.39 is 137 Å². The molecule has 12 atom stereocenters. The van der Waals surface area contributed by atoms with Crippen molar-refractivity contribution in [3.63, 3.8) is 0 Å². The van der Waals surface area contributed by atoms with Crippen molar-refractivity contribution < 1.29 is 77.4 Å². The fourth-order valence-electron chi connectivity index (χ4n) is 11.1. The Morgan fingerprint density at radius 2 is 1.37 bits per heavy atom. The summed E-state index contributed by atoms with van der Waals surface area (Å²) in [6.07, 6.45) is -11.4. The summed E-state index contributed by atoms with van der Waals surface area (Å²) in [6, 6.07) is 20.9. The lowest BCUT2D eigenvalue weighted by Gasteiger charge is -2.66. The molecular weight excluding hydrogens is 945 g/mol. The van der Waals surface area contributed by atoms with E-state index in [0.717, 1.165) is 6.92 Å². The monoisotopic (exact) mass is 1010 g/mol. The van der Waals surface area contributed by atoms with Gasteiger partial charge in [0.25, 0.3) is 5.91 Å². The van der Waals surface area contributed by atoms with E-state index in [4.69, 9.17) is 23.7 Å². The van der Waals surface area contributed by atoms with Gasteiger partial charge in [-0.15, -0.1) is 0 Å². The van der Waals surface area contributed by atoms with Gasteiger partial charge in [-0.3, -0.25) is 19.2 Å². The first-order valence-corrected chi connectivity index (χ1v) is 24.4. The highest BCUT2D eigenvalue weighted by atomic mass is 16.6. The van der Waals surface area contributed by atoms with Crippen molar-refractivity contribution in [3.05, 3.63) is 119 Å². The van der Waals surface area contributed by atoms with E-state index in [2.05, 4.69) is 10.6 Å². The first kappa shape index (κ1) is 54.2. The third-order valence-corrected chi connectivity index (χ3v) is 15.3. The number of ketones is 2. The summed E-state index contributed by atoms with van der Waals surface area (Å²) in [5, 5.41) is 43.9. The number of hydrogen-bond donors (Lipinski definition) is 5. The maximum Gasteiger partial charge on any atom is 0.350 e. The van der Waals surface area contributed by atoms with E-state index in [0.29, 0.717) is 0 Å². The van der Waals surface area contributed by atoms with Gasteiger partial charge in [-0.1, -0.05) is 94.4 Å². The SMILES string of the molecule is CC(=O)CCC(=O)N[C@H](C(=O)O[C@@H](C(=O)O[C@H]1C[C@@]2(O)[C@@H](OC(=O)c3ccccc3)C3[C@]4(O)CO[C@@H]4C[C@H](O)[C@@]3(C)C(=O)[C@H](OC(C)=O)C(=C1C)C2(C)C)[C@@H](NC(=O)c1ccccc1)c1ccccc1)C(C)C. The van der Waals surface area contributed by atoms with Gasteiger partial charge in [-0.25, -0.2) is 14.4 Å². The Hall–Kier alpha value is -6.60. The molecule has 18 nitrogen and oxygen atoms in total. The minimum atomic E-state index is -2.48. The number of rotatable bonds is 16. The van der Waals surface area contributed by atoms with Crippen LogP contribution < -0.4 is 10.6 Å². The molecule has 2 saturated carbocycles. The summed E-state index contributed by atoms with van der Waals surface area (Å²) in [4.78, 5) is 112. The summed E-state index contributed by atoms with van der Waals surface area (Å²) in [6.45, 7) is 11.1. The van der Waals surface area contributed by atoms with E-state index in [-0.39, 0.29) is 52.9 Å². The maximum absolute atomic E-state index is 15.6. The smallest absolute Gasteiger partial charge is 0.350 e. The Morgan fingerprint density at radius 1 is 0.781 bits per heavy atom. The Balaban J connectivity index is 1.39. The van der Waals surface area contributed by atoms with Gasteiger partial charge in [0.05, 0.1) is 29.8 Å². The highest BCUT2D eigenvalue weighted by Gasteiger charge is 2.77. The molecule has 2 amide bonds. The molecule has 5 N–H and O–H groups in total. The highest BCUT2D eigenvalue weighted by molar-refractivity contribution is 5.97. The van der Waals surface area contributed by atoms with Gasteiger partial charge in [0.2, 0.25) is 12.0 Å². The van der Waals surface area contributed by atoms with E-state index >= 15 is 9.59 Å². The zero-order valence-corrected chi connectivity index (χ0v) is 42.1. The van der Waals surface area contributed by atoms with E-state index in [1.54, 1.807) is 80.6 Å². The van der Waals surface area contributed by atoms with Crippen molar-refractivity contribution in [1.82, 2.24) is 10.6 Å². The molecule has 73 heavy (non-hydrogen) atoms. The van der Waals surface area contributed by atoms with Gasteiger partial charge < -0.3 is 54.4 Å². The normalized spacial score (nSPS) is 29.2. The number of ether oxygens (including phenoxy) is 5. The predicted octanol–water partition coefficient (Wildman–Crippen LogP) is 4.23. The molecule has 2 bridgehead atoms. The largest absolute Gasteiger partial charge is 0.455 e. The molecule has 18 heteroatoms. The Kier molecular flexibility index (Phi) is 15.7. The van der Waals surface area contributed by atoms with Gasteiger partial charge in [0.15, 0.2) is 11.9 Å². The number of carbonyl (C=O) groups is 8. The summed E-state index contributed by atoms with van der Waals surface area (Å²) >= 11 is 0. The molecule has 3 aromatic rings. The molecule has 1 aliphatic heterocycles. The van der Waals surface area contributed by atoms with Gasteiger partial charge >= 0.3 is 23.9 Å². The summed E-state index contributed by atoms with van der Waals surface area (Å²) < 4.78 is 30.5. The fourth-order valence-corrected chi connectivity index (χ4v) is 11.1. The molecule has 0 aromatic heterocycles. The second kappa shape index (κ2) is 21.1. The molecule has 7 rings (SSSR count). The predicted molar refractivity (Wildman–Crippen MR) is 259 cm³/mol. The molecule has 3 aromatic carbocycles. The number of hydrogen-bond acceptors (Lipinski definition) is 16. The molecule has 1 saturated heterocycles. The highest BCUT2D eigenvalue weighted by Crippen LogP contribution is 2.63. The van der Waals surface area contributed by atoms with Crippen LogP contribution in [-0.2, 0) is 52.5 Å². The van der Waals surface area contributed by atoms with E-state index in [1.165, 1.54) is 58.9 Å². The zero-order valence-electron chi connectivity index (χ0n) is 42.1. The standard InChI is InChI=1S/C55H64N2O16/c1-29(2)41(56-39(61)25-24-30(3)58)50(65)72-44(42(33-18-12-9-13-19-33)57-48(63)34-20-14-10-15-21-34)51(66)71-36-27-55(68)47(73-49(64)35-22-16-11-17-23-35)45-53(8,37(60)26-38-54(45,67)28-69-38)46(62)43(70-32(5)59)40(31(36)4)52(55,6)7/h9-23,29,36-38,41-45,47,60,67-68H,24-28H2,1-8H3,(H,56,61)(H,57,63)/t36-,37-,38+,41-,42-,43+,44+,45?,47-,53+,54-,55+/m0/s1.